The Hall–Kier alpha value is -0.250. The molecule has 2 aliphatic heterocycles. The van der Waals surface area contributed by atoms with Gasteiger partial charge in [0.15, 0.2) is 5.41 Å². The number of alkyl halides is 1. The van der Waals surface area contributed by atoms with Crippen LogP contribution in [0.3, 0.4) is 0 Å². The molecule has 0 aliphatic carbocycles. The van der Waals surface area contributed by atoms with E-state index in [2.05, 4.69) is 31.3 Å². The highest BCUT2D eigenvalue weighted by molar-refractivity contribution is 7.18. The predicted molar refractivity (Wildman–Crippen MR) is 93.8 cm³/mol. The third-order valence-electron chi connectivity index (χ3n) is 4.56. The van der Waals surface area contributed by atoms with E-state index in [1.54, 1.807) is 6.92 Å². The molecule has 0 aromatic rings. The number of hydrogen-bond donors (Lipinski definition) is 1. The molecule has 2 rings (SSSR count). The van der Waals surface area contributed by atoms with Gasteiger partial charge in [0.2, 0.25) is 5.91 Å². The molecule has 0 aromatic heterocycles. The minimum absolute atomic E-state index is 0.00595. The molecule has 2 heterocycles. The number of carbonyl (C=O) groups is 1. The third-order valence-corrected chi connectivity index (χ3v) is 5.13. The molecule has 0 radical (unpaired) electrons. The van der Waals surface area contributed by atoms with Gasteiger partial charge < -0.3 is 5.32 Å². The molecule has 130 valence electrons. The van der Waals surface area contributed by atoms with Gasteiger partial charge >= 0.3 is 0 Å². The molecule has 0 bridgehead atoms. The fourth-order valence-electron chi connectivity index (χ4n) is 3.47. The lowest BCUT2D eigenvalue weighted by Crippen LogP contribution is -2.59. The summed E-state index contributed by atoms with van der Waals surface area (Å²) in [6.07, 6.45) is 2.74. The van der Waals surface area contributed by atoms with Gasteiger partial charge in [-0.25, -0.2) is 4.39 Å². The lowest BCUT2D eigenvalue weighted by Gasteiger charge is -2.47. The maximum Gasteiger partial charge on any atom is 0.217 e. The Bertz CT molecular complexity index is 346. The number of nitrogens with one attached hydrogen (secondary N) is 1. The normalized spacial score (nSPS) is 31.3. The second kappa shape index (κ2) is 9.14. The van der Waals surface area contributed by atoms with Crippen LogP contribution in [0.15, 0.2) is 0 Å². The Labute approximate surface area is 137 Å². The number of amides is 1. The minimum Gasteiger partial charge on any atom is -0.354 e. The first kappa shape index (κ1) is 19.8. The number of hydrogen-bond acceptors (Lipinski definition) is 3. The van der Waals surface area contributed by atoms with E-state index in [0.29, 0.717) is 6.54 Å². The van der Waals surface area contributed by atoms with Crippen molar-refractivity contribution in [2.24, 2.45) is 0 Å². The molecule has 1 amide bonds. The van der Waals surface area contributed by atoms with Gasteiger partial charge in [-0.3, -0.25) is 14.6 Å². The van der Waals surface area contributed by atoms with Crippen LogP contribution in [0.4, 0.5) is 4.39 Å². The Morgan fingerprint density at radius 3 is 2.32 bits per heavy atom. The molecule has 0 spiro atoms. The standard InChI is InChI=1S/C14H27FN3OP.C2H6/c1-3-17-7-6-13(14(15,20)10-17)18-8-4-12(5-9-18)16-11(2)19;1-2/h12-13H,3-10,20H2,1-2H3,(H,16,19);1-2H3. The second-order valence-electron chi connectivity index (χ2n) is 6.11. The predicted octanol–water partition coefficient (Wildman–Crippen LogP) is 2.25. The summed E-state index contributed by atoms with van der Waals surface area (Å²) < 4.78 is 14.9. The Kier molecular flexibility index (Phi) is 8.23. The zero-order valence-electron chi connectivity index (χ0n) is 14.6. The number of piperidine rings is 2. The van der Waals surface area contributed by atoms with Crippen LogP contribution in [0.2, 0.25) is 0 Å². The lowest BCUT2D eigenvalue weighted by molar-refractivity contribution is -0.120. The fourth-order valence-corrected chi connectivity index (χ4v) is 4.11. The van der Waals surface area contributed by atoms with Crippen molar-refractivity contribution in [1.29, 1.82) is 0 Å². The van der Waals surface area contributed by atoms with E-state index in [1.807, 2.05) is 13.8 Å². The van der Waals surface area contributed by atoms with E-state index >= 15 is 0 Å². The van der Waals surface area contributed by atoms with E-state index in [9.17, 15) is 9.18 Å². The molecule has 0 aromatic carbocycles. The topological polar surface area (TPSA) is 35.6 Å². The molecule has 3 unspecified atom stereocenters. The van der Waals surface area contributed by atoms with Crippen LogP contribution >= 0.6 is 9.24 Å². The number of nitrogens with zero attached hydrogens (tertiary/aromatic N) is 2. The fraction of sp³-hybridized carbons (Fsp3) is 0.938. The lowest BCUT2D eigenvalue weighted by atomic mass is 9.96. The van der Waals surface area contributed by atoms with E-state index in [1.165, 1.54) is 0 Å². The van der Waals surface area contributed by atoms with Crippen molar-refractivity contribution in [3.05, 3.63) is 0 Å². The Morgan fingerprint density at radius 1 is 1.27 bits per heavy atom. The van der Waals surface area contributed by atoms with Crippen LogP contribution in [-0.4, -0.2) is 65.9 Å². The summed E-state index contributed by atoms with van der Waals surface area (Å²) >= 11 is 0. The zero-order valence-corrected chi connectivity index (χ0v) is 15.7. The molecule has 1 N–H and O–H groups in total. The van der Waals surface area contributed by atoms with Crippen LogP contribution in [0.1, 0.15) is 47.0 Å². The Morgan fingerprint density at radius 2 is 1.86 bits per heavy atom. The smallest absolute Gasteiger partial charge is 0.217 e. The Balaban J connectivity index is 0.00000116. The first-order valence-electron chi connectivity index (χ1n) is 8.63. The molecule has 2 aliphatic rings. The second-order valence-corrected chi connectivity index (χ2v) is 7.07. The van der Waals surface area contributed by atoms with Crippen LogP contribution in [0.5, 0.6) is 0 Å². The maximum atomic E-state index is 14.9. The molecule has 4 nitrogen and oxygen atoms in total. The largest absolute Gasteiger partial charge is 0.354 e. The van der Waals surface area contributed by atoms with Crippen molar-refractivity contribution >= 4 is 15.1 Å². The average Bonchev–Trinajstić information content (AvgIpc) is 2.49. The van der Waals surface area contributed by atoms with Gasteiger partial charge in [0.05, 0.1) is 0 Å². The highest BCUT2D eigenvalue weighted by atomic mass is 31.0. The monoisotopic (exact) mass is 333 g/mol. The average molecular weight is 333 g/mol. The zero-order chi connectivity index (χ0) is 16.8. The van der Waals surface area contributed by atoms with Gasteiger partial charge in [-0.1, -0.05) is 30.0 Å². The summed E-state index contributed by atoms with van der Waals surface area (Å²) in [5.41, 5.74) is 0. The van der Waals surface area contributed by atoms with E-state index < -0.39 is 5.41 Å². The van der Waals surface area contributed by atoms with Gasteiger partial charge in [0, 0.05) is 38.6 Å². The summed E-state index contributed by atoms with van der Waals surface area (Å²) in [5, 5.41) is 1.76. The first-order valence-corrected chi connectivity index (χ1v) is 9.21. The molecule has 2 fully saturated rings. The number of likely N-dealkylation sites (tertiary alicyclic amines) is 2. The quantitative estimate of drug-likeness (QED) is 0.805. The maximum absolute atomic E-state index is 14.9. The first-order chi connectivity index (χ1) is 10.4. The van der Waals surface area contributed by atoms with Crippen LogP contribution in [0.25, 0.3) is 0 Å². The van der Waals surface area contributed by atoms with Crippen LogP contribution in [-0.2, 0) is 4.79 Å². The third kappa shape index (κ3) is 5.43. The molecule has 3 atom stereocenters. The highest BCUT2D eigenvalue weighted by Gasteiger charge is 2.43. The number of halogens is 1. The molecular formula is C16H33FN3OP. The molecule has 2 saturated heterocycles. The van der Waals surface area contributed by atoms with Crippen molar-refractivity contribution in [1.82, 2.24) is 15.1 Å². The summed E-state index contributed by atoms with van der Waals surface area (Å²) in [7, 11) is 2.44. The molecular weight excluding hydrogens is 300 g/mol. The van der Waals surface area contributed by atoms with Crippen molar-refractivity contribution in [3.8, 4) is 0 Å². The molecule has 22 heavy (non-hydrogen) atoms. The van der Waals surface area contributed by atoms with Crippen molar-refractivity contribution < 1.29 is 9.18 Å². The van der Waals surface area contributed by atoms with Crippen LogP contribution in [0, 0.1) is 0 Å². The molecule has 0 saturated carbocycles. The molecule has 6 heteroatoms. The van der Waals surface area contributed by atoms with E-state index in [4.69, 9.17) is 0 Å². The van der Waals surface area contributed by atoms with Gasteiger partial charge in [0.25, 0.3) is 0 Å². The SMILES string of the molecule is CC.CCN1CCC(N2CCC(NC(C)=O)CC2)C(F)(P)C1. The van der Waals surface area contributed by atoms with Crippen molar-refractivity contribution in [3.63, 3.8) is 0 Å². The van der Waals surface area contributed by atoms with Crippen LogP contribution < -0.4 is 5.32 Å². The summed E-state index contributed by atoms with van der Waals surface area (Å²) in [4.78, 5) is 15.5. The van der Waals surface area contributed by atoms with E-state index in [0.717, 1.165) is 45.4 Å². The van der Waals surface area contributed by atoms with Gasteiger partial charge in [0.1, 0.15) is 0 Å². The van der Waals surface area contributed by atoms with Crippen molar-refractivity contribution in [2.75, 3.05) is 32.7 Å². The van der Waals surface area contributed by atoms with E-state index in [-0.39, 0.29) is 18.0 Å². The number of rotatable bonds is 3. The van der Waals surface area contributed by atoms with Gasteiger partial charge in [-0.15, -0.1) is 0 Å². The highest BCUT2D eigenvalue weighted by Crippen LogP contribution is 2.36. The summed E-state index contributed by atoms with van der Waals surface area (Å²) in [5.74, 6) is 0.0330. The number of carbonyl (C=O) groups excluding carboxylic acids is 1. The summed E-state index contributed by atoms with van der Waals surface area (Å²) in [6, 6.07) is 0.256. The van der Waals surface area contributed by atoms with Gasteiger partial charge in [-0.2, -0.15) is 0 Å². The minimum atomic E-state index is -1.21. The summed E-state index contributed by atoms with van der Waals surface area (Å²) in [6.45, 7) is 11.8. The van der Waals surface area contributed by atoms with Gasteiger partial charge in [-0.05, 0) is 32.4 Å². The van der Waals surface area contributed by atoms with Crippen molar-refractivity contribution in [2.45, 2.75) is 64.5 Å².